The highest BCUT2D eigenvalue weighted by Crippen LogP contribution is 2.21. The molecule has 0 bridgehead atoms. The Balaban J connectivity index is 2.10. The molecular formula is C15H20N4OS. The number of amides is 1. The molecular weight excluding hydrogens is 284 g/mol. The van der Waals surface area contributed by atoms with E-state index >= 15 is 0 Å². The zero-order chi connectivity index (χ0) is 15.2. The number of aromatic nitrogens is 2. The van der Waals surface area contributed by atoms with Crippen LogP contribution in [-0.2, 0) is 6.54 Å². The third-order valence-electron chi connectivity index (χ3n) is 3.03. The van der Waals surface area contributed by atoms with Crippen LogP contribution in [0.5, 0.6) is 0 Å². The standard InChI is InChI=1S/C15H20N4OS/c1-4-16-9-11-6-5-7-12(8-11)17-15(20)14-13(10(2)3)18-19-21-14/h5-8,10,16H,4,9H2,1-3H3,(H,17,20). The lowest BCUT2D eigenvalue weighted by atomic mass is 10.1. The first kappa shape index (κ1) is 15.6. The van der Waals surface area contributed by atoms with Gasteiger partial charge < -0.3 is 10.6 Å². The van der Waals surface area contributed by atoms with Crippen molar-refractivity contribution in [1.29, 1.82) is 0 Å². The molecule has 112 valence electrons. The van der Waals surface area contributed by atoms with Gasteiger partial charge in [-0.05, 0) is 41.7 Å². The minimum absolute atomic E-state index is 0.144. The maximum atomic E-state index is 12.3. The molecule has 1 aromatic carbocycles. The second-order valence-electron chi connectivity index (χ2n) is 5.08. The summed E-state index contributed by atoms with van der Waals surface area (Å²) in [7, 11) is 0. The highest BCUT2D eigenvalue weighted by atomic mass is 32.1. The van der Waals surface area contributed by atoms with E-state index in [9.17, 15) is 4.79 Å². The zero-order valence-corrected chi connectivity index (χ0v) is 13.3. The van der Waals surface area contributed by atoms with Crippen LogP contribution in [0.25, 0.3) is 0 Å². The quantitative estimate of drug-likeness (QED) is 0.861. The Labute approximate surface area is 128 Å². The van der Waals surface area contributed by atoms with E-state index in [-0.39, 0.29) is 11.8 Å². The number of nitrogens with one attached hydrogen (secondary N) is 2. The molecule has 1 amide bonds. The van der Waals surface area contributed by atoms with E-state index in [1.54, 1.807) is 0 Å². The van der Waals surface area contributed by atoms with Crippen LogP contribution in [0.15, 0.2) is 24.3 Å². The van der Waals surface area contributed by atoms with E-state index in [1.165, 1.54) is 0 Å². The van der Waals surface area contributed by atoms with Crippen molar-refractivity contribution in [2.75, 3.05) is 11.9 Å². The van der Waals surface area contributed by atoms with Crippen molar-refractivity contribution < 1.29 is 4.79 Å². The molecule has 0 aliphatic heterocycles. The van der Waals surface area contributed by atoms with Crippen LogP contribution in [0.2, 0.25) is 0 Å². The van der Waals surface area contributed by atoms with Gasteiger partial charge >= 0.3 is 0 Å². The Bertz CT molecular complexity index is 609. The summed E-state index contributed by atoms with van der Waals surface area (Å²) in [5, 5.41) is 10.2. The molecule has 1 aromatic heterocycles. The molecule has 0 unspecified atom stereocenters. The summed E-state index contributed by atoms with van der Waals surface area (Å²) in [5.74, 6) is 0.0406. The SMILES string of the molecule is CCNCc1cccc(NC(=O)c2snnc2C(C)C)c1. The maximum Gasteiger partial charge on any atom is 0.269 e. The van der Waals surface area contributed by atoms with Gasteiger partial charge in [-0.2, -0.15) is 0 Å². The molecule has 0 saturated carbocycles. The summed E-state index contributed by atoms with van der Waals surface area (Å²) in [4.78, 5) is 12.9. The molecule has 0 fully saturated rings. The second kappa shape index (κ2) is 7.28. The molecule has 0 spiro atoms. The van der Waals surface area contributed by atoms with Gasteiger partial charge in [-0.25, -0.2) is 0 Å². The minimum atomic E-state index is -0.144. The van der Waals surface area contributed by atoms with E-state index in [2.05, 4.69) is 27.1 Å². The first-order valence-corrected chi connectivity index (χ1v) is 7.82. The average molecular weight is 304 g/mol. The largest absolute Gasteiger partial charge is 0.321 e. The van der Waals surface area contributed by atoms with Gasteiger partial charge in [0.25, 0.3) is 5.91 Å². The Kier molecular flexibility index (Phi) is 5.41. The van der Waals surface area contributed by atoms with Crippen molar-refractivity contribution in [3.63, 3.8) is 0 Å². The third-order valence-corrected chi connectivity index (χ3v) is 3.77. The van der Waals surface area contributed by atoms with E-state index in [4.69, 9.17) is 0 Å². The van der Waals surface area contributed by atoms with Gasteiger partial charge in [-0.15, -0.1) is 5.10 Å². The molecule has 0 atom stereocenters. The van der Waals surface area contributed by atoms with Crippen molar-refractivity contribution in [3.05, 3.63) is 40.4 Å². The summed E-state index contributed by atoms with van der Waals surface area (Å²) < 4.78 is 3.88. The molecule has 0 aliphatic carbocycles. The number of carbonyl (C=O) groups excluding carboxylic acids is 1. The lowest BCUT2D eigenvalue weighted by molar-refractivity contribution is 0.102. The first-order valence-electron chi connectivity index (χ1n) is 7.05. The minimum Gasteiger partial charge on any atom is -0.321 e. The Hall–Kier alpha value is -1.79. The number of rotatable bonds is 6. The van der Waals surface area contributed by atoms with Crippen LogP contribution in [0.3, 0.4) is 0 Å². The average Bonchev–Trinajstić information content (AvgIpc) is 2.95. The highest BCUT2D eigenvalue weighted by Gasteiger charge is 2.18. The summed E-state index contributed by atoms with van der Waals surface area (Å²) in [6.07, 6.45) is 0. The van der Waals surface area contributed by atoms with Crippen LogP contribution in [0.1, 0.15) is 47.6 Å². The van der Waals surface area contributed by atoms with Gasteiger partial charge in [0.2, 0.25) is 0 Å². The fourth-order valence-corrected chi connectivity index (χ4v) is 2.66. The zero-order valence-electron chi connectivity index (χ0n) is 12.5. The van der Waals surface area contributed by atoms with Gasteiger partial charge in [0, 0.05) is 12.2 Å². The van der Waals surface area contributed by atoms with Crippen molar-refractivity contribution in [3.8, 4) is 0 Å². The molecule has 0 saturated heterocycles. The maximum absolute atomic E-state index is 12.3. The van der Waals surface area contributed by atoms with Crippen LogP contribution in [0, 0.1) is 0 Å². The Morgan fingerprint density at radius 1 is 1.38 bits per heavy atom. The molecule has 6 heteroatoms. The fraction of sp³-hybridized carbons (Fsp3) is 0.400. The first-order chi connectivity index (χ1) is 10.1. The smallest absolute Gasteiger partial charge is 0.269 e. The number of hydrogen-bond donors (Lipinski definition) is 2. The number of nitrogens with zero attached hydrogens (tertiary/aromatic N) is 2. The van der Waals surface area contributed by atoms with Gasteiger partial charge in [-0.3, -0.25) is 4.79 Å². The van der Waals surface area contributed by atoms with E-state index in [1.807, 2.05) is 38.1 Å². The second-order valence-corrected chi connectivity index (χ2v) is 5.83. The monoisotopic (exact) mass is 304 g/mol. The molecule has 21 heavy (non-hydrogen) atoms. The number of anilines is 1. The number of benzene rings is 1. The Morgan fingerprint density at radius 3 is 2.90 bits per heavy atom. The molecule has 2 N–H and O–H groups in total. The summed E-state index contributed by atoms with van der Waals surface area (Å²) >= 11 is 1.14. The van der Waals surface area contributed by atoms with Gasteiger partial charge in [0.15, 0.2) is 0 Å². The summed E-state index contributed by atoms with van der Waals surface area (Å²) in [6.45, 7) is 7.78. The topological polar surface area (TPSA) is 66.9 Å². The van der Waals surface area contributed by atoms with Crippen molar-refractivity contribution in [2.24, 2.45) is 0 Å². The molecule has 1 heterocycles. The fourth-order valence-electron chi connectivity index (χ4n) is 1.95. The summed E-state index contributed by atoms with van der Waals surface area (Å²) in [6, 6.07) is 7.84. The number of carbonyl (C=O) groups is 1. The van der Waals surface area contributed by atoms with Crippen LogP contribution >= 0.6 is 11.5 Å². The number of hydrogen-bond acceptors (Lipinski definition) is 5. The highest BCUT2D eigenvalue weighted by molar-refractivity contribution is 7.08. The van der Waals surface area contributed by atoms with Gasteiger partial charge in [0.1, 0.15) is 4.88 Å². The molecule has 0 radical (unpaired) electrons. The Morgan fingerprint density at radius 2 is 2.19 bits per heavy atom. The van der Waals surface area contributed by atoms with Crippen LogP contribution in [-0.4, -0.2) is 22.0 Å². The van der Waals surface area contributed by atoms with E-state index < -0.39 is 0 Å². The third kappa shape index (κ3) is 4.09. The summed E-state index contributed by atoms with van der Waals surface area (Å²) in [5.41, 5.74) is 2.68. The van der Waals surface area contributed by atoms with Gasteiger partial charge in [-0.1, -0.05) is 37.4 Å². The normalized spacial score (nSPS) is 10.9. The lowest BCUT2D eigenvalue weighted by Crippen LogP contribution is -2.14. The molecule has 5 nitrogen and oxygen atoms in total. The predicted molar refractivity (Wildman–Crippen MR) is 85.8 cm³/mol. The van der Waals surface area contributed by atoms with Crippen molar-refractivity contribution in [2.45, 2.75) is 33.2 Å². The van der Waals surface area contributed by atoms with Crippen molar-refractivity contribution in [1.82, 2.24) is 14.9 Å². The van der Waals surface area contributed by atoms with Crippen molar-refractivity contribution >= 4 is 23.1 Å². The molecule has 0 aliphatic rings. The van der Waals surface area contributed by atoms with Gasteiger partial charge in [0.05, 0.1) is 5.69 Å². The van der Waals surface area contributed by atoms with E-state index in [0.29, 0.717) is 4.88 Å². The van der Waals surface area contributed by atoms with E-state index in [0.717, 1.165) is 41.6 Å². The van der Waals surface area contributed by atoms with Crippen LogP contribution < -0.4 is 10.6 Å². The van der Waals surface area contributed by atoms with Crippen LogP contribution in [0.4, 0.5) is 5.69 Å². The predicted octanol–water partition coefficient (Wildman–Crippen LogP) is 3.02. The lowest BCUT2D eigenvalue weighted by Gasteiger charge is -2.08. The molecule has 2 rings (SSSR count). The molecule has 2 aromatic rings.